The van der Waals surface area contributed by atoms with Gasteiger partial charge in [-0.2, -0.15) is 13.2 Å². The minimum atomic E-state index is -4.59. The number of carbonyl (C=O) groups is 1. The molecule has 1 aromatic heterocycles. The van der Waals surface area contributed by atoms with E-state index >= 15 is 0 Å². The highest BCUT2D eigenvalue weighted by Gasteiger charge is 2.34. The van der Waals surface area contributed by atoms with Crippen molar-refractivity contribution in [3.63, 3.8) is 0 Å². The molecule has 1 atom stereocenters. The summed E-state index contributed by atoms with van der Waals surface area (Å²) in [6.07, 6.45) is -4.76. The van der Waals surface area contributed by atoms with Crippen LogP contribution < -0.4 is 5.32 Å². The molecule has 8 heteroatoms. The second kappa shape index (κ2) is 8.22. The van der Waals surface area contributed by atoms with Crippen molar-refractivity contribution < 1.29 is 22.4 Å². The fraction of sp³-hybridized carbons (Fsp3) is 0.130. The molecule has 158 valence electrons. The largest absolute Gasteiger partial charge is 0.449 e. The Balaban J connectivity index is 1.67. The Kier molecular flexibility index (Phi) is 5.46. The predicted octanol–water partition coefficient (Wildman–Crippen LogP) is 5.17. The van der Waals surface area contributed by atoms with Crippen LogP contribution in [0, 0.1) is 5.82 Å². The summed E-state index contributed by atoms with van der Waals surface area (Å²) in [6.45, 7) is 0. The Bertz CT molecular complexity index is 1220. The zero-order chi connectivity index (χ0) is 22.0. The van der Waals surface area contributed by atoms with Crippen LogP contribution in [-0.4, -0.2) is 15.9 Å². The maximum absolute atomic E-state index is 13.9. The van der Waals surface area contributed by atoms with Crippen molar-refractivity contribution in [2.45, 2.75) is 18.6 Å². The first kappa shape index (κ1) is 20.6. The molecule has 0 bridgehead atoms. The molecular formula is C23H17F4N3O. The second-order valence-electron chi connectivity index (χ2n) is 7.04. The van der Waals surface area contributed by atoms with E-state index in [4.69, 9.17) is 0 Å². The molecular weight excluding hydrogens is 410 g/mol. The molecule has 1 unspecified atom stereocenters. The van der Waals surface area contributed by atoms with Crippen LogP contribution in [0.2, 0.25) is 0 Å². The van der Waals surface area contributed by atoms with Crippen molar-refractivity contribution in [1.29, 1.82) is 0 Å². The molecule has 0 aliphatic carbocycles. The molecule has 0 aliphatic rings. The number of fused-ring (bicyclic) bond motifs is 1. The van der Waals surface area contributed by atoms with Gasteiger partial charge in [0, 0.05) is 0 Å². The Morgan fingerprint density at radius 2 is 1.68 bits per heavy atom. The lowest BCUT2D eigenvalue weighted by atomic mass is 9.97. The number of H-pyrrole nitrogens is 1. The molecule has 0 aliphatic heterocycles. The number of amides is 1. The predicted molar refractivity (Wildman–Crippen MR) is 108 cm³/mol. The molecule has 4 rings (SSSR count). The van der Waals surface area contributed by atoms with E-state index in [9.17, 15) is 22.4 Å². The highest BCUT2D eigenvalue weighted by Crippen LogP contribution is 2.30. The summed E-state index contributed by atoms with van der Waals surface area (Å²) < 4.78 is 52.9. The first-order valence-electron chi connectivity index (χ1n) is 9.46. The van der Waals surface area contributed by atoms with Gasteiger partial charge in [0.25, 0.3) is 0 Å². The second-order valence-corrected chi connectivity index (χ2v) is 7.04. The van der Waals surface area contributed by atoms with Crippen molar-refractivity contribution in [2.75, 3.05) is 0 Å². The van der Waals surface area contributed by atoms with Crippen LogP contribution in [0.25, 0.3) is 11.0 Å². The molecule has 3 aromatic carbocycles. The van der Waals surface area contributed by atoms with Gasteiger partial charge in [-0.1, -0.05) is 54.6 Å². The number of hydrogen-bond donors (Lipinski definition) is 2. The molecule has 0 fully saturated rings. The third kappa shape index (κ3) is 4.58. The molecule has 0 saturated carbocycles. The number of alkyl halides is 3. The lowest BCUT2D eigenvalue weighted by Crippen LogP contribution is -2.30. The van der Waals surface area contributed by atoms with Crippen LogP contribution in [0.1, 0.15) is 28.6 Å². The lowest BCUT2D eigenvalue weighted by molar-refractivity contribution is -0.144. The molecule has 31 heavy (non-hydrogen) atoms. The third-order valence-electron chi connectivity index (χ3n) is 4.85. The first-order valence-corrected chi connectivity index (χ1v) is 9.46. The maximum atomic E-state index is 13.9. The Labute approximate surface area is 174 Å². The Morgan fingerprint density at radius 3 is 2.39 bits per heavy atom. The van der Waals surface area contributed by atoms with Gasteiger partial charge in [0.05, 0.1) is 23.5 Å². The standard InChI is InChI=1S/C23H17F4N3O/c24-17-9-5-4-8-15(17)13-20(31)30-21(14-6-2-1-3-7-14)16-10-11-18-19(12-16)29-22(28-18)23(25,26)27/h1-12,21H,13H2,(H,28,29)(H,30,31). The average Bonchev–Trinajstić information content (AvgIpc) is 3.18. The molecule has 0 saturated heterocycles. The van der Waals surface area contributed by atoms with Crippen LogP contribution >= 0.6 is 0 Å². The van der Waals surface area contributed by atoms with E-state index in [-0.39, 0.29) is 23.0 Å². The average molecular weight is 427 g/mol. The molecule has 1 amide bonds. The number of nitrogens with zero attached hydrogens (tertiary/aromatic N) is 1. The number of imidazole rings is 1. The minimum absolute atomic E-state index is 0.166. The normalized spacial score (nSPS) is 12.6. The van der Waals surface area contributed by atoms with Crippen molar-refractivity contribution in [3.05, 3.63) is 101 Å². The molecule has 4 nitrogen and oxygen atoms in total. The van der Waals surface area contributed by atoms with E-state index in [0.29, 0.717) is 5.56 Å². The minimum Gasteiger partial charge on any atom is -0.345 e. The molecule has 4 aromatic rings. The number of halogens is 4. The number of carbonyl (C=O) groups excluding carboxylic acids is 1. The topological polar surface area (TPSA) is 57.8 Å². The molecule has 1 heterocycles. The van der Waals surface area contributed by atoms with E-state index in [2.05, 4.69) is 15.3 Å². The third-order valence-corrected chi connectivity index (χ3v) is 4.85. The van der Waals surface area contributed by atoms with Crippen LogP contribution in [0.3, 0.4) is 0 Å². The quantitative estimate of drug-likeness (QED) is 0.432. The fourth-order valence-corrected chi connectivity index (χ4v) is 3.37. The Morgan fingerprint density at radius 1 is 0.968 bits per heavy atom. The molecule has 0 radical (unpaired) electrons. The monoisotopic (exact) mass is 427 g/mol. The summed E-state index contributed by atoms with van der Waals surface area (Å²) >= 11 is 0. The van der Waals surface area contributed by atoms with Gasteiger partial charge in [0.2, 0.25) is 11.7 Å². The summed E-state index contributed by atoms with van der Waals surface area (Å²) in [5, 5.41) is 2.86. The number of aromatic nitrogens is 2. The smallest absolute Gasteiger partial charge is 0.345 e. The Hall–Kier alpha value is -3.68. The number of aromatic amines is 1. The van der Waals surface area contributed by atoms with E-state index < -0.39 is 29.8 Å². The van der Waals surface area contributed by atoms with Gasteiger partial charge in [0.15, 0.2) is 0 Å². The number of rotatable bonds is 5. The zero-order valence-corrected chi connectivity index (χ0v) is 16.1. The molecule has 0 spiro atoms. The van der Waals surface area contributed by atoms with Crippen LogP contribution in [0.4, 0.5) is 17.6 Å². The zero-order valence-electron chi connectivity index (χ0n) is 16.1. The highest BCUT2D eigenvalue weighted by molar-refractivity contribution is 5.80. The van der Waals surface area contributed by atoms with E-state index in [1.165, 1.54) is 24.3 Å². The van der Waals surface area contributed by atoms with Crippen LogP contribution in [0.5, 0.6) is 0 Å². The lowest BCUT2D eigenvalue weighted by Gasteiger charge is -2.20. The SMILES string of the molecule is O=C(Cc1ccccc1F)NC(c1ccccc1)c1ccc2nc(C(F)(F)F)[nH]c2c1. The number of nitrogens with one attached hydrogen (secondary N) is 2. The summed E-state index contributed by atoms with van der Waals surface area (Å²) in [6, 6.07) is 19.0. The van der Waals surface area contributed by atoms with Gasteiger partial charge in [-0.3, -0.25) is 4.79 Å². The fourth-order valence-electron chi connectivity index (χ4n) is 3.37. The summed E-state index contributed by atoms with van der Waals surface area (Å²) in [4.78, 5) is 18.5. The van der Waals surface area contributed by atoms with Gasteiger partial charge in [-0.05, 0) is 34.9 Å². The first-order chi connectivity index (χ1) is 14.8. The summed E-state index contributed by atoms with van der Waals surface area (Å²) in [5.74, 6) is -1.98. The van der Waals surface area contributed by atoms with Crippen molar-refractivity contribution in [2.24, 2.45) is 0 Å². The van der Waals surface area contributed by atoms with E-state index in [1.807, 2.05) is 6.07 Å². The molecule has 2 N–H and O–H groups in total. The van der Waals surface area contributed by atoms with Gasteiger partial charge in [0.1, 0.15) is 5.82 Å². The number of hydrogen-bond acceptors (Lipinski definition) is 2. The summed E-state index contributed by atoms with van der Waals surface area (Å²) in [7, 11) is 0. The highest BCUT2D eigenvalue weighted by atomic mass is 19.4. The number of benzene rings is 3. The van der Waals surface area contributed by atoms with Crippen molar-refractivity contribution >= 4 is 16.9 Å². The summed E-state index contributed by atoms with van der Waals surface area (Å²) in [5.41, 5.74) is 1.93. The van der Waals surface area contributed by atoms with Crippen molar-refractivity contribution in [3.8, 4) is 0 Å². The van der Waals surface area contributed by atoms with Crippen LogP contribution in [-0.2, 0) is 17.4 Å². The van der Waals surface area contributed by atoms with Gasteiger partial charge < -0.3 is 10.3 Å². The van der Waals surface area contributed by atoms with E-state index in [1.54, 1.807) is 42.5 Å². The van der Waals surface area contributed by atoms with Gasteiger partial charge in [-0.25, -0.2) is 9.37 Å². The van der Waals surface area contributed by atoms with Gasteiger partial charge >= 0.3 is 6.18 Å². The van der Waals surface area contributed by atoms with Crippen LogP contribution in [0.15, 0.2) is 72.8 Å². The van der Waals surface area contributed by atoms with Crippen molar-refractivity contribution in [1.82, 2.24) is 15.3 Å². The van der Waals surface area contributed by atoms with E-state index in [0.717, 1.165) is 5.56 Å². The maximum Gasteiger partial charge on any atom is 0.449 e. The van der Waals surface area contributed by atoms with Gasteiger partial charge in [-0.15, -0.1) is 0 Å².